The predicted octanol–water partition coefficient (Wildman–Crippen LogP) is 11.0. The molecule has 44 heavy (non-hydrogen) atoms. The lowest BCUT2D eigenvalue weighted by atomic mass is 9.98. The van der Waals surface area contributed by atoms with Crippen molar-refractivity contribution < 1.29 is 0 Å². The van der Waals surface area contributed by atoms with Gasteiger partial charge in [0.25, 0.3) is 0 Å². The van der Waals surface area contributed by atoms with Crippen LogP contribution in [0.3, 0.4) is 0 Å². The summed E-state index contributed by atoms with van der Waals surface area (Å²) in [5, 5.41) is 9.54. The molecule has 204 valence electrons. The number of aromatic nitrogens is 3. The molecule has 10 rings (SSSR count). The Kier molecular flexibility index (Phi) is 4.87. The molecule has 0 bridgehead atoms. The Labute approximate surface area is 256 Å². The van der Waals surface area contributed by atoms with E-state index in [2.05, 4.69) is 138 Å². The number of thiazole rings is 1. The van der Waals surface area contributed by atoms with E-state index < -0.39 is 0 Å². The molecule has 3 aromatic heterocycles. The Hall–Kier alpha value is -5.58. The third-order valence-corrected chi connectivity index (χ3v) is 10.1. The normalized spacial score (nSPS) is 12.1. The Morgan fingerprint density at radius 3 is 1.82 bits per heavy atom. The summed E-state index contributed by atoms with van der Waals surface area (Å²) < 4.78 is 3.62. The van der Waals surface area contributed by atoms with Crippen molar-refractivity contribution in [2.45, 2.75) is 0 Å². The molecule has 0 unspecified atom stereocenters. The number of imidazole rings is 1. The van der Waals surface area contributed by atoms with Crippen molar-refractivity contribution in [3.8, 4) is 21.7 Å². The quantitative estimate of drug-likeness (QED) is 0.191. The van der Waals surface area contributed by atoms with Crippen molar-refractivity contribution in [1.29, 1.82) is 0 Å². The van der Waals surface area contributed by atoms with Gasteiger partial charge in [0, 0.05) is 27.1 Å². The SMILES string of the molecule is c1ccc2sc(-c3ccc(-c4ccc5c6ccccc6c6nc7c8ccccc8c8ccccc8c7n6c5c4)cc3)nc2c1. The molecule has 0 aliphatic rings. The number of pyridine rings is 1. The fourth-order valence-electron chi connectivity index (χ4n) is 6.96. The first kappa shape index (κ1) is 23.9. The van der Waals surface area contributed by atoms with Gasteiger partial charge in [-0.2, -0.15) is 0 Å². The van der Waals surface area contributed by atoms with E-state index in [4.69, 9.17) is 9.97 Å². The van der Waals surface area contributed by atoms with Crippen LogP contribution >= 0.6 is 11.3 Å². The average molecular weight is 578 g/mol. The van der Waals surface area contributed by atoms with Crippen molar-refractivity contribution in [2.75, 3.05) is 0 Å². The summed E-state index contributed by atoms with van der Waals surface area (Å²) in [5.74, 6) is 0. The van der Waals surface area contributed by atoms with Gasteiger partial charge in [0.2, 0.25) is 0 Å². The van der Waals surface area contributed by atoms with Gasteiger partial charge in [-0.05, 0) is 45.5 Å². The van der Waals surface area contributed by atoms with Gasteiger partial charge in [-0.3, -0.25) is 4.40 Å². The molecule has 10 aromatic rings. The van der Waals surface area contributed by atoms with Gasteiger partial charge in [0.05, 0.1) is 26.8 Å². The number of fused-ring (bicyclic) bond motifs is 14. The van der Waals surface area contributed by atoms with E-state index in [1.807, 2.05) is 6.07 Å². The van der Waals surface area contributed by atoms with Crippen molar-refractivity contribution >= 4 is 81.5 Å². The topological polar surface area (TPSA) is 30.2 Å². The third kappa shape index (κ3) is 3.31. The van der Waals surface area contributed by atoms with Gasteiger partial charge in [-0.15, -0.1) is 11.3 Å². The molecule has 0 aliphatic heterocycles. The van der Waals surface area contributed by atoms with E-state index in [9.17, 15) is 0 Å². The summed E-state index contributed by atoms with van der Waals surface area (Å²) in [6.45, 7) is 0. The molecule has 0 saturated carbocycles. The maximum atomic E-state index is 5.39. The highest BCUT2D eigenvalue weighted by atomic mass is 32.1. The van der Waals surface area contributed by atoms with Crippen LogP contribution in [0.2, 0.25) is 0 Å². The van der Waals surface area contributed by atoms with E-state index in [0.29, 0.717) is 0 Å². The second kappa shape index (κ2) is 8.96. The van der Waals surface area contributed by atoms with Gasteiger partial charge < -0.3 is 0 Å². The van der Waals surface area contributed by atoms with Crippen molar-refractivity contribution in [2.24, 2.45) is 0 Å². The van der Waals surface area contributed by atoms with Crippen LogP contribution in [-0.4, -0.2) is 14.4 Å². The smallest absolute Gasteiger partial charge is 0.146 e. The minimum atomic E-state index is 0.993. The van der Waals surface area contributed by atoms with E-state index in [-0.39, 0.29) is 0 Å². The standard InChI is InChI=1S/C40H23N3S/c1-4-12-31-27(9-1)28-10-2-5-13-32(28)38-37(31)42-39-33-14-6-3-11-29(33)30-22-21-26(23-35(30)43(38)39)24-17-19-25(20-18-24)40-41-34-15-7-8-16-36(34)44-40/h1-23H. The first-order valence-electron chi connectivity index (χ1n) is 14.8. The lowest BCUT2D eigenvalue weighted by molar-refractivity contribution is 1.32. The molecule has 0 aliphatic carbocycles. The van der Waals surface area contributed by atoms with Gasteiger partial charge in [0.15, 0.2) is 0 Å². The lowest BCUT2D eigenvalue weighted by Crippen LogP contribution is -1.93. The van der Waals surface area contributed by atoms with Crippen molar-refractivity contribution in [3.05, 3.63) is 140 Å². The first-order chi connectivity index (χ1) is 21.8. The van der Waals surface area contributed by atoms with Crippen LogP contribution in [0.4, 0.5) is 0 Å². The molecule has 7 aromatic carbocycles. The number of nitrogens with zero attached hydrogens (tertiary/aromatic N) is 3. The summed E-state index contributed by atoms with van der Waals surface area (Å²) in [4.78, 5) is 10.3. The fraction of sp³-hybridized carbons (Fsp3) is 0. The Bertz CT molecular complexity index is 2740. The minimum absolute atomic E-state index is 0.993. The van der Waals surface area contributed by atoms with Crippen molar-refractivity contribution in [1.82, 2.24) is 14.4 Å². The Morgan fingerprint density at radius 1 is 0.455 bits per heavy atom. The van der Waals surface area contributed by atoms with E-state index >= 15 is 0 Å². The molecule has 0 atom stereocenters. The lowest BCUT2D eigenvalue weighted by Gasteiger charge is -2.12. The molecule has 0 spiro atoms. The van der Waals surface area contributed by atoms with Gasteiger partial charge in [0.1, 0.15) is 10.7 Å². The molecule has 0 N–H and O–H groups in total. The summed E-state index contributed by atoms with van der Waals surface area (Å²) in [5.41, 5.74) is 8.91. The average Bonchev–Trinajstić information content (AvgIpc) is 3.72. The summed E-state index contributed by atoms with van der Waals surface area (Å²) in [7, 11) is 0. The number of para-hydroxylation sites is 1. The number of benzene rings is 7. The molecule has 0 fully saturated rings. The fourth-order valence-corrected chi connectivity index (χ4v) is 7.93. The van der Waals surface area contributed by atoms with Crippen LogP contribution < -0.4 is 0 Å². The highest BCUT2D eigenvalue weighted by Crippen LogP contribution is 2.40. The maximum Gasteiger partial charge on any atom is 0.146 e. The molecule has 0 amide bonds. The highest BCUT2D eigenvalue weighted by Gasteiger charge is 2.19. The van der Waals surface area contributed by atoms with E-state index in [0.717, 1.165) is 43.7 Å². The molecule has 3 heterocycles. The van der Waals surface area contributed by atoms with Gasteiger partial charge in [-0.25, -0.2) is 9.97 Å². The molecule has 4 heteroatoms. The third-order valence-electron chi connectivity index (χ3n) is 8.99. The highest BCUT2D eigenvalue weighted by molar-refractivity contribution is 7.21. The predicted molar refractivity (Wildman–Crippen MR) is 187 cm³/mol. The van der Waals surface area contributed by atoms with Gasteiger partial charge >= 0.3 is 0 Å². The van der Waals surface area contributed by atoms with Crippen LogP contribution in [0, 0.1) is 0 Å². The van der Waals surface area contributed by atoms with Crippen LogP contribution in [0.25, 0.3) is 91.8 Å². The van der Waals surface area contributed by atoms with Crippen LogP contribution in [-0.2, 0) is 0 Å². The van der Waals surface area contributed by atoms with Crippen LogP contribution in [0.5, 0.6) is 0 Å². The maximum absolute atomic E-state index is 5.39. The van der Waals surface area contributed by atoms with Crippen LogP contribution in [0.1, 0.15) is 0 Å². The number of rotatable bonds is 2. The molecular formula is C40H23N3S. The second-order valence-electron chi connectivity index (χ2n) is 11.4. The molecule has 3 nitrogen and oxygen atoms in total. The monoisotopic (exact) mass is 577 g/mol. The van der Waals surface area contributed by atoms with Crippen LogP contribution in [0.15, 0.2) is 140 Å². The van der Waals surface area contributed by atoms with Gasteiger partial charge in [-0.1, -0.05) is 121 Å². The van der Waals surface area contributed by atoms with E-state index in [1.54, 1.807) is 11.3 Å². The second-order valence-corrected chi connectivity index (χ2v) is 12.4. The molecule has 0 saturated heterocycles. The summed E-state index contributed by atoms with van der Waals surface area (Å²) in [6.07, 6.45) is 0. The molecular weight excluding hydrogens is 555 g/mol. The Morgan fingerprint density at radius 2 is 1.05 bits per heavy atom. The zero-order chi connectivity index (χ0) is 28.8. The number of hydrogen-bond donors (Lipinski definition) is 0. The zero-order valence-electron chi connectivity index (χ0n) is 23.5. The summed E-state index contributed by atoms with van der Waals surface area (Å²) >= 11 is 1.74. The first-order valence-corrected chi connectivity index (χ1v) is 15.7. The Balaban J connectivity index is 1.27. The zero-order valence-corrected chi connectivity index (χ0v) is 24.3. The minimum Gasteiger partial charge on any atom is -0.291 e. The summed E-state index contributed by atoms with van der Waals surface area (Å²) in [6, 6.07) is 50.1. The van der Waals surface area contributed by atoms with Crippen molar-refractivity contribution in [3.63, 3.8) is 0 Å². The van der Waals surface area contributed by atoms with E-state index in [1.165, 1.54) is 48.1 Å². The molecule has 0 radical (unpaired) electrons. The number of hydrogen-bond acceptors (Lipinski definition) is 3. The largest absolute Gasteiger partial charge is 0.291 e.